The first-order chi connectivity index (χ1) is 8.11. The van der Waals surface area contributed by atoms with E-state index in [1.165, 1.54) is 0 Å². The van der Waals surface area contributed by atoms with Crippen molar-refractivity contribution in [2.45, 2.75) is 20.3 Å². The third-order valence-corrected chi connectivity index (χ3v) is 3.08. The Hall–Kier alpha value is -1.39. The van der Waals surface area contributed by atoms with Gasteiger partial charge in [-0.25, -0.2) is 13.8 Å². The summed E-state index contributed by atoms with van der Waals surface area (Å²) in [5.41, 5.74) is 0. The summed E-state index contributed by atoms with van der Waals surface area (Å²) in [4.78, 5) is 3.91. The van der Waals surface area contributed by atoms with Crippen molar-refractivity contribution in [2.75, 3.05) is 23.7 Å². The second-order valence-electron chi connectivity index (χ2n) is 4.53. The number of nitrogens with zero attached hydrogens (tertiary/aromatic N) is 1. The lowest BCUT2D eigenvalue weighted by molar-refractivity contribution is 0.577. The Labute approximate surface area is 99.6 Å². The SMILES string of the molecule is CCNc1nc(NCC2CC2C)c(F)cc1F. The summed E-state index contributed by atoms with van der Waals surface area (Å²) in [5, 5.41) is 5.70. The molecule has 0 saturated heterocycles. The zero-order chi connectivity index (χ0) is 12.4. The van der Waals surface area contributed by atoms with Crippen molar-refractivity contribution in [1.29, 1.82) is 0 Å². The van der Waals surface area contributed by atoms with Crippen LogP contribution < -0.4 is 10.6 Å². The van der Waals surface area contributed by atoms with Gasteiger partial charge in [0, 0.05) is 19.2 Å². The van der Waals surface area contributed by atoms with Crippen LogP contribution in [0.3, 0.4) is 0 Å². The molecule has 1 aliphatic carbocycles. The third-order valence-electron chi connectivity index (χ3n) is 3.08. The van der Waals surface area contributed by atoms with E-state index in [1.54, 1.807) is 0 Å². The summed E-state index contributed by atoms with van der Waals surface area (Å²) in [6.07, 6.45) is 1.16. The van der Waals surface area contributed by atoms with Gasteiger partial charge in [0.05, 0.1) is 0 Å². The molecule has 1 aromatic rings. The van der Waals surface area contributed by atoms with Gasteiger partial charge in [-0.2, -0.15) is 0 Å². The number of anilines is 2. The van der Waals surface area contributed by atoms with E-state index in [1.807, 2.05) is 6.92 Å². The van der Waals surface area contributed by atoms with Gasteiger partial charge in [0.25, 0.3) is 0 Å². The average Bonchev–Trinajstić information content (AvgIpc) is 2.97. The van der Waals surface area contributed by atoms with Gasteiger partial charge in [0.2, 0.25) is 0 Å². The van der Waals surface area contributed by atoms with Gasteiger partial charge in [-0.05, 0) is 25.2 Å². The van der Waals surface area contributed by atoms with Gasteiger partial charge >= 0.3 is 0 Å². The average molecular weight is 241 g/mol. The molecule has 1 heterocycles. The van der Waals surface area contributed by atoms with Crippen molar-refractivity contribution in [2.24, 2.45) is 11.8 Å². The van der Waals surface area contributed by atoms with Gasteiger partial charge in [0.15, 0.2) is 23.3 Å². The van der Waals surface area contributed by atoms with Gasteiger partial charge < -0.3 is 10.6 Å². The van der Waals surface area contributed by atoms with Crippen LogP contribution in [0.25, 0.3) is 0 Å². The summed E-state index contributed by atoms with van der Waals surface area (Å²) >= 11 is 0. The number of aromatic nitrogens is 1. The first-order valence-electron chi connectivity index (χ1n) is 5.95. The van der Waals surface area contributed by atoms with Crippen LogP contribution in [-0.4, -0.2) is 18.1 Å². The van der Waals surface area contributed by atoms with E-state index >= 15 is 0 Å². The van der Waals surface area contributed by atoms with Gasteiger partial charge in [0.1, 0.15) is 0 Å². The lowest BCUT2D eigenvalue weighted by atomic mass is 10.3. The van der Waals surface area contributed by atoms with Crippen molar-refractivity contribution in [3.63, 3.8) is 0 Å². The molecule has 17 heavy (non-hydrogen) atoms. The highest BCUT2D eigenvalue weighted by molar-refractivity contribution is 5.47. The third kappa shape index (κ3) is 2.84. The molecule has 1 fully saturated rings. The second-order valence-corrected chi connectivity index (χ2v) is 4.53. The molecular weight excluding hydrogens is 224 g/mol. The number of hydrogen-bond donors (Lipinski definition) is 2. The lowest BCUT2D eigenvalue weighted by Crippen LogP contribution is -2.11. The number of pyridine rings is 1. The fourth-order valence-electron chi connectivity index (χ4n) is 1.79. The number of rotatable bonds is 5. The Balaban J connectivity index is 2.06. The summed E-state index contributed by atoms with van der Waals surface area (Å²) in [5.74, 6) is 0.205. The van der Waals surface area contributed by atoms with Gasteiger partial charge in [-0.1, -0.05) is 6.92 Å². The topological polar surface area (TPSA) is 37.0 Å². The lowest BCUT2D eigenvalue weighted by Gasteiger charge is -2.10. The van der Waals surface area contributed by atoms with Crippen LogP contribution in [0.5, 0.6) is 0 Å². The van der Waals surface area contributed by atoms with Crippen LogP contribution in [0.2, 0.25) is 0 Å². The minimum absolute atomic E-state index is 0.0974. The van der Waals surface area contributed by atoms with E-state index in [-0.39, 0.29) is 11.6 Å². The molecule has 94 valence electrons. The highest BCUT2D eigenvalue weighted by Crippen LogP contribution is 2.37. The maximum absolute atomic E-state index is 13.4. The Morgan fingerprint density at radius 2 is 1.88 bits per heavy atom. The van der Waals surface area contributed by atoms with Crippen molar-refractivity contribution in [3.8, 4) is 0 Å². The Bertz CT molecular complexity index is 409. The number of nitrogens with one attached hydrogen (secondary N) is 2. The van der Waals surface area contributed by atoms with E-state index in [0.717, 1.165) is 12.5 Å². The molecule has 0 amide bonds. The van der Waals surface area contributed by atoms with E-state index in [4.69, 9.17) is 0 Å². The first kappa shape index (κ1) is 12.1. The molecule has 0 aliphatic heterocycles. The molecule has 0 radical (unpaired) electrons. The Kier molecular flexibility index (Phi) is 3.45. The van der Waals surface area contributed by atoms with E-state index in [0.29, 0.717) is 24.9 Å². The molecule has 2 atom stereocenters. The molecule has 5 heteroatoms. The van der Waals surface area contributed by atoms with Gasteiger partial charge in [-0.3, -0.25) is 0 Å². The summed E-state index contributed by atoms with van der Waals surface area (Å²) in [6.45, 7) is 5.24. The molecule has 2 unspecified atom stereocenters. The molecule has 1 aliphatic rings. The highest BCUT2D eigenvalue weighted by atomic mass is 19.1. The highest BCUT2D eigenvalue weighted by Gasteiger charge is 2.32. The van der Waals surface area contributed by atoms with E-state index in [2.05, 4.69) is 22.5 Å². The second kappa shape index (κ2) is 4.85. The minimum Gasteiger partial charge on any atom is -0.368 e. The van der Waals surface area contributed by atoms with E-state index < -0.39 is 11.6 Å². The number of halogens is 2. The Morgan fingerprint density at radius 3 is 2.41 bits per heavy atom. The van der Waals surface area contributed by atoms with Crippen molar-refractivity contribution >= 4 is 11.6 Å². The normalized spacial score (nSPS) is 22.4. The fourth-order valence-corrected chi connectivity index (χ4v) is 1.79. The smallest absolute Gasteiger partial charge is 0.168 e. The molecule has 1 saturated carbocycles. The van der Waals surface area contributed by atoms with Crippen LogP contribution in [-0.2, 0) is 0 Å². The zero-order valence-electron chi connectivity index (χ0n) is 10.1. The molecule has 0 aromatic carbocycles. The maximum Gasteiger partial charge on any atom is 0.168 e. The molecule has 2 rings (SSSR count). The van der Waals surface area contributed by atoms with Crippen molar-refractivity contribution in [1.82, 2.24) is 4.98 Å². The van der Waals surface area contributed by atoms with Crippen molar-refractivity contribution in [3.05, 3.63) is 17.7 Å². The summed E-state index contributed by atoms with van der Waals surface area (Å²) in [6, 6.07) is 0.865. The van der Waals surface area contributed by atoms with Crippen LogP contribution in [0.1, 0.15) is 20.3 Å². The quantitative estimate of drug-likeness (QED) is 0.832. The standard InChI is InChI=1S/C12H17F2N3/c1-3-15-11-9(13)5-10(14)12(17-11)16-6-8-4-7(8)2/h5,7-8H,3-4,6H2,1-2H3,(H2,15,16,17). The molecular formula is C12H17F2N3. The van der Waals surface area contributed by atoms with Crippen LogP contribution in [0.4, 0.5) is 20.4 Å². The predicted molar refractivity (Wildman–Crippen MR) is 64.1 cm³/mol. The minimum atomic E-state index is -0.658. The molecule has 2 N–H and O–H groups in total. The van der Waals surface area contributed by atoms with Crippen LogP contribution >= 0.6 is 0 Å². The van der Waals surface area contributed by atoms with Crippen LogP contribution in [0, 0.1) is 23.5 Å². The molecule has 0 spiro atoms. The molecule has 1 aromatic heterocycles. The summed E-state index contributed by atoms with van der Waals surface area (Å²) in [7, 11) is 0. The first-order valence-corrected chi connectivity index (χ1v) is 5.95. The summed E-state index contributed by atoms with van der Waals surface area (Å²) < 4.78 is 26.7. The van der Waals surface area contributed by atoms with Crippen LogP contribution in [0.15, 0.2) is 6.07 Å². The molecule has 3 nitrogen and oxygen atoms in total. The maximum atomic E-state index is 13.4. The number of hydrogen-bond acceptors (Lipinski definition) is 3. The zero-order valence-corrected chi connectivity index (χ0v) is 10.1. The predicted octanol–water partition coefficient (Wildman–Crippen LogP) is 2.86. The van der Waals surface area contributed by atoms with Crippen molar-refractivity contribution < 1.29 is 8.78 Å². The fraction of sp³-hybridized carbons (Fsp3) is 0.583. The molecule has 0 bridgehead atoms. The Morgan fingerprint density at radius 1 is 1.29 bits per heavy atom. The monoisotopic (exact) mass is 241 g/mol. The largest absolute Gasteiger partial charge is 0.368 e. The van der Waals surface area contributed by atoms with Gasteiger partial charge in [-0.15, -0.1) is 0 Å². The van der Waals surface area contributed by atoms with E-state index in [9.17, 15) is 8.78 Å².